The second-order valence-corrected chi connectivity index (χ2v) is 9.92. The number of aromatic nitrogens is 4. The molecule has 3 aromatic rings. The first-order valence-corrected chi connectivity index (χ1v) is 12.2. The summed E-state index contributed by atoms with van der Waals surface area (Å²) in [5, 5.41) is 16.2. The molecule has 0 spiro atoms. The molecule has 19 heteroatoms. The SMILES string of the molecule is COC(=O)N(C(=O)c1cc(-c2cnn3c2C(F)Oc2c(C(F)(C(F)(F)F)C(F)(F)F)nn(C)c2-3)ccc1Cl)C1(C#N)CC1. The number of rotatable bonds is 4. The quantitative estimate of drug-likeness (QED) is 0.330. The lowest BCUT2D eigenvalue weighted by atomic mass is 9.99. The van der Waals surface area contributed by atoms with Crippen LogP contribution in [0.25, 0.3) is 16.9 Å². The van der Waals surface area contributed by atoms with Gasteiger partial charge in [0.2, 0.25) is 0 Å². The lowest BCUT2D eigenvalue weighted by Crippen LogP contribution is -2.51. The molecule has 0 N–H and O–H groups in total. The highest BCUT2D eigenvalue weighted by Gasteiger charge is 2.76. The highest BCUT2D eigenvalue weighted by molar-refractivity contribution is 6.34. The molecule has 1 atom stereocenters. The summed E-state index contributed by atoms with van der Waals surface area (Å²) < 4.78 is 121. The number of nitriles is 1. The van der Waals surface area contributed by atoms with Gasteiger partial charge >= 0.3 is 24.1 Å². The zero-order valence-electron chi connectivity index (χ0n) is 21.5. The van der Waals surface area contributed by atoms with Crippen LogP contribution in [0.3, 0.4) is 0 Å². The molecule has 2 amide bonds. The van der Waals surface area contributed by atoms with Crippen molar-refractivity contribution in [2.75, 3.05) is 7.11 Å². The van der Waals surface area contributed by atoms with Crippen molar-refractivity contribution in [1.82, 2.24) is 24.5 Å². The molecule has 1 unspecified atom stereocenters. The third-order valence-electron chi connectivity index (χ3n) is 6.95. The van der Waals surface area contributed by atoms with E-state index in [0.717, 1.165) is 26.4 Å². The summed E-state index contributed by atoms with van der Waals surface area (Å²) in [4.78, 5) is 26.4. The Morgan fingerprint density at radius 2 is 1.81 bits per heavy atom. The number of imide groups is 1. The lowest BCUT2D eigenvalue weighted by molar-refractivity contribution is -0.350. The van der Waals surface area contributed by atoms with Gasteiger partial charge in [0, 0.05) is 12.6 Å². The largest absolute Gasteiger partial charge is 0.452 e. The number of benzene rings is 1. The van der Waals surface area contributed by atoms with E-state index in [2.05, 4.69) is 14.9 Å². The van der Waals surface area contributed by atoms with E-state index in [1.165, 1.54) is 12.1 Å². The van der Waals surface area contributed by atoms with Crippen LogP contribution in [0.15, 0.2) is 24.4 Å². The third kappa shape index (κ3) is 4.27. The van der Waals surface area contributed by atoms with Gasteiger partial charge in [0.15, 0.2) is 17.3 Å². The van der Waals surface area contributed by atoms with E-state index in [4.69, 9.17) is 16.3 Å². The number of nitrogens with zero attached hydrogens (tertiary/aromatic N) is 6. The fourth-order valence-electron chi connectivity index (χ4n) is 4.64. The van der Waals surface area contributed by atoms with Gasteiger partial charge in [-0.05, 0) is 30.5 Å². The second kappa shape index (κ2) is 9.56. The molecule has 0 bridgehead atoms. The molecule has 0 radical (unpaired) electrons. The van der Waals surface area contributed by atoms with E-state index in [1.54, 1.807) is 0 Å². The molecule has 2 aromatic heterocycles. The Hall–Kier alpha value is -4.40. The first-order valence-electron chi connectivity index (χ1n) is 11.9. The standard InChI is InChI=1S/C24H15ClF8N6O4/c1-37-18-15(16(36-37)22(27,23(28,29)30)24(31,32)33)43-17(26)14-12(8-35-39(14)18)10-3-4-13(25)11(7-10)19(40)38(20(41)42-2)21(9-34)5-6-21/h3-4,7-8,17H,5-6H2,1-2H3. The predicted molar refractivity (Wildman–Crippen MR) is 126 cm³/mol. The van der Waals surface area contributed by atoms with Crippen LogP contribution in [0.2, 0.25) is 5.02 Å². The average Bonchev–Trinajstić information content (AvgIpc) is 3.46. The van der Waals surface area contributed by atoms with Crippen LogP contribution in [0.4, 0.5) is 39.9 Å². The number of hydrogen-bond acceptors (Lipinski definition) is 7. The van der Waals surface area contributed by atoms with Gasteiger partial charge in [0.1, 0.15) is 11.2 Å². The van der Waals surface area contributed by atoms with Crippen LogP contribution in [0.5, 0.6) is 5.75 Å². The van der Waals surface area contributed by atoms with Gasteiger partial charge in [-0.2, -0.15) is 46.2 Å². The molecule has 43 heavy (non-hydrogen) atoms. The van der Waals surface area contributed by atoms with Gasteiger partial charge in [-0.25, -0.2) is 23.4 Å². The number of alkyl halides is 8. The van der Waals surface area contributed by atoms with Crippen molar-refractivity contribution in [2.24, 2.45) is 7.05 Å². The summed E-state index contributed by atoms with van der Waals surface area (Å²) >= 11 is 6.20. The normalized spacial score (nSPS) is 17.3. The zero-order chi connectivity index (χ0) is 31.9. The van der Waals surface area contributed by atoms with Gasteiger partial charge in [-0.15, -0.1) is 0 Å². The van der Waals surface area contributed by atoms with Crippen LogP contribution in [-0.4, -0.2) is 61.5 Å². The molecular weight excluding hydrogens is 624 g/mol. The maximum Gasteiger partial charge on any atom is 0.437 e. The summed E-state index contributed by atoms with van der Waals surface area (Å²) in [7, 11) is 1.86. The van der Waals surface area contributed by atoms with Crippen molar-refractivity contribution >= 4 is 23.6 Å². The van der Waals surface area contributed by atoms with Crippen LogP contribution in [0.1, 0.15) is 40.9 Å². The molecule has 10 nitrogen and oxygen atoms in total. The minimum Gasteiger partial charge on any atom is -0.452 e. The highest BCUT2D eigenvalue weighted by Crippen LogP contribution is 2.57. The molecule has 1 saturated carbocycles. The Balaban J connectivity index is 1.63. The summed E-state index contributed by atoms with van der Waals surface area (Å²) in [5.41, 5.74) is -10.9. The third-order valence-corrected chi connectivity index (χ3v) is 7.28. The predicted octanol–water partition coefficient (Wildman–Crippen LogP) is 5.84. The maximum atomic E-state index is 15.4. The van der Waals surface area contributed by atoms with Crippen molar-refractivity contribution < 1.29 is 54.2 Å². The van der Waals surface area contributed by atoms with E-state index < -0.39 is 64.9 Å². The van der Waals surface area contributed by atoms with E-state index in [-0.39, 0.29) is 34.6 Å². The van der Waals surface area contributed by atoms with Crippen LogP contribution < -0.4 is 4.74 Å². The van der Waals surface area contributed by atoms with E-state index in [9.17, 15) is 45.6 Å². The number of aryl methyl sites for hydroxylation is 1. The molecule has 1 aromatic carbocycles. The number of fused-ring (bicyclic) bond motifs is 3. The minimum absolute atomic E-state index is 0.0110. The van der Waals surface area contributed by atoms with Crippen molar-refractivity contribution in [1.29, 1.82) is 5.26 Å². The van der Waals surface area contributed by atoms with E-state index >= 15 is 4.39 Å². The second-order valence-electron chi connectivity index (χ2n) is 9.52. The molecule has 228 valence electrons. The van der Waals surface area contributed by atoms with E-state index in [1.807, 2.05) is 6.07 Å². The summed E-state index contributed by atoms with van der Waals surface area (Å²) in [5.74, 6) is -3.28. The van der Waals surface area contributed by atoms with Crippen LogP contribution >= 0.6 is 11.6 Å². The molecule has 1 fully saturated rings. The van der Waals surface area contributed by atoms with Gasteiger partial charge in [-0.1, -0.05) is 17.7 Å². The number of halogens is 9. The van der Waals surface area contributed by atoms with Crippen LogP contribution in [-0.2, 0) is 17.5 Å². The average molecular weight is 639 g/mol. The number of amides is 2. The van der Waals surface area contributed by atoms with Gasteiger partial charge in [0.25, 0.3) is 12.3 Å². The monoisotopic (exact) mass is 638 g/mol. The number of carbonyl (C=O) groups is 2. The van der Waals surface area contributed by atoms with Crippen molar-refractivity contribution in [3.8, 4) is 28.8 Å². The van der Waals surface area contributed by atoms with Crippen molar-refractivity contribution in [3.05, 3.63) is 46.4 Å². The minimum atomic E-state index is -6.55. The van der Waals surface area contributed by atoms with Gasteiger partial charge in [0.05, 0.1) is 30.0 Å². The fraction of sp³-hybridized carbons (Fsp3) is 0.375. The molecule has 3 heterocycles. The molecule has 2 aliphatic rings. The lowest BCUT2D eigenvalue weighted by Gasteiger charge is -2.30. The Morgan fingerprint density at radius 3 is 2.35 bits per heavy atom. The molecular formula is C24H15ClF8N6O4. The Morgan fingerprint density at radius 1 is 1.19 bits per heavy atom. The number of ether oxygens (including phenoxy) is 2. The number of carbonyl (C=O) groups excluding carboxylic acids is 2. The smallest absolute Gasteiger partial charge is 0.437 e. The summed E-state index contributed by atoms with van der Waals surface area (Å²) in [6.45, 7) is 0. The maximum absolute atomic E-state index is 15.4. The fourth-order valence-corrected chi connectivity index (χ4v) is 4.84. The molecule has 5 rings (SSSR count). The zero-order valence-corrected chi connectivity index (χ0v) is 22.3. The number of hydrogen-bond donors (Lipinski definition) is 0. The Bertz CT molecular complexity index is 1690. The van der Waals surface area contributed by atoms with Crippen molar-refractivity contribution in [3.63, 3.8) is 0 Å². The summed E-state index contributed by atoms with van der Waals surface area (Å²) in [6, 6.07) is 5.43. The first kappa shape index (κ1) is 30.1. The summed E-state index contributed by atoms with van der Waals surface area (Å²) in [6.07, 6.45) is -15.8. The molecule has 0 saturated heterocycles. The van der Waals surface area contributed by atoms with Gasteiger partial charge < -0.3 is 9.47 Å². The Kier molecular flexibility index (Phi) is 6.68. The first-order chi connectivity index (χ1) is 19.9. The molecule has 1 aliphatic carbocycles. The van der Waals surface area contributed by atoms with Crippen molar-refractivity contribution in [2.45, 2.75) is 42.8 Å². The van der Waals surface area contributed by atoms with Crippen LogP contribution in [0, 0.1) is 11.3 Å². The van der Waals surface area contributed by atoms with E-state index in [0.29, 0.717) is 14.3 Å². The topological polar surface area (TPSA) is 115 Å². The Labute approximate surface area is 239 Å². The molecule has 1 aliphatic heterocycles. The van der Waals surface area contributed by atoms with Gasteiger partial charge in [-0.3, -0.25) is 4.79 Å². The highest BCUT2D eigenvalue weighted by atomic mass is 35.5. The number of methoxy groups -OCH3 is 1.